The lowest BCUT2D eigenvalue weighted by atomic mass is 10.2. The summed E-state index contributed by atoms with van der Waals surface area (Å²) in [7, 11) is 0. The summed E-state index contributed by atoms with van der Waals surface area (Å²) in [5.74, 6) is 0.328. The number of benzene rings is 1. The van der Waals surface area contributed by atoms with Crippen LogP contribution in [0.3, 0.4) is 0 Å². The molecule has 2 aliphatic heterocycles. The van der Waals surface area contributed by atoms with Gasteiger partial charge in [0.05, 0.1) is 0 Å². The second-order valence-corrected chi connectivity index (χ2v) is 3.18. The molecule has 2 aliphatic rings. The molecule has 0 bridgehead atoms. The highest BCUT2D eigenvalue weighted by Crippen LogP contribution is 2.22. The van der Waals surface area contributed by atoms with Gasteiger partial charge in [-0.05, 0) is 12.1 Å². The Morgan fingerprint density at radius 3 is 2.93 bits per heavy atom. The van der Waals surface area contributed by atoms with E-state index in [0.717, 1.165) is 5.39 Å². The SMILES string of the molecule is O=c1ncnc2oc3ccccc3cc1-2. The molecule has 0 fully saturated rings. The van der Waals surface area contributed by atoms with Gasteiger partial charge in [0.1, 0.15) is 17.5 Å². The zero-order valence-corrected chi connectivity index (χ0v) is 7.68. The van der Waals surface area contributed by atoms with Gasteiger partial charge in [-0.2, -0.15) is 4.98 Å². The van der Waals surface area contributed by atoms with Gasteiger partial charge in [-0.3, -0.25) is 4.79 Å². The van der Waals surface area contributed by atoms with E-state index in [1.165, 1.54) is 6.33 Å². The molecule has 0 aromatic heterocycles. The van der Waals surface area contributed by atoms with E-state index in [1.54, 1.807) is 6.07 Å². The molecule has 0 N–H and O–H groups in total. The lowest BCUT2D eigenvalue weighted by Crippen LogP contribution is -2.10. The van der Waals surface area contributed by atoms with Gasteiger partial charge in [0.15, 0.2) is 0 Å². The van der Waals surface area contributed by atoms with Crippen LogP contribution in [-0.4, -0.2) is 9.97 Å². The molecule has 72 valence electrons. The molecule has 0 spiro atoms. The maximum absolute atomic E-state index is 11.4. The van der Waals surface area contributed by atoms with E-state index in [0.29, 0.717) is 17.0 Å². The Kier molecular flexibility index (Phi) is 1.56. The van der Waals surface area contributed by atoms with E-state index in [2.05, 4.69) is 9.97 Å². The Labute approximate surface area is 84.6 Å². The van der Waals surface area contributed by atoms with Crippen molar-refractivity contribution >= 4 is 11.0 Å². The zero-order chi connectivity index (χ0) is 10.3. The molecule has 0 amide bonds. The average Bonchev–Trinajstić information content (AvgIpc) is 2.27. The third-order valence-corrected chi connectivity index (χ3v) is 2.24. The standard InChI is InChI=1S/C11H6N2O2/c14-10-8-5-7-3-1-2-4-9(7)15-11(8)13-6-12-10/h1-6H. The normalized spacial score (nSPS) is 10.9. The van der Waals surface area contributed by atoms with Crippen molar-refractivity contribution in [2.75, 3.05) is 0 Å². The maximum atomic E-state index is 11.4. The number of hydrogen-bond donors (Lipinski definition) is 0. The van der Waals surface area contributed by atoms with E-state index in [9.17, 15) is 4.79 Å². The first-order chi connectivity index (χ1) is 7.34. The molecule has 4 nitrogen and oxygen atoms in total. The first-order valence-electron chi connectivity index (χ1n) is 4.48. The molecule has 0 unspecified atom stereocenters. The van der Waals surface area contributed by atoms with Crippen molar-refractivity contribution in [3.63, 3.8) is 0 Å². The van der Waals surface area contributed by atoms with Crippen molar-refractivity contribution in [3.05, 3.63) is 47.0 Å². The summed E-state index contributed by atoms with van der Waals surface area (Å²) in [6, 6.07) is 9.22. The third-order valence-electron chi connectivity index (χ3n) is 2.24. The largest absolute Gasteiger partial charge is 0.437 e. The molecular weight excluding hydrogens is 192 g/mol. The number of para-hydroxylation sites is 1. The first kappa shape index (κ1) is 8.11. The lowest BCUT2D eigenvalue weighted by Gasteiger charge is -2.03. The molecule has 0 atom stereocenters. The molecule has 15 heavy (non-hydrogen) atoms. The van der Waals surface area contributed by atoms with Gasteiger partial charge in [-0.1, -0.05) is 18.2 Å². The van der Waals surface area contributed by atoms with Crippen molar-refractivity contribution < 1.29 is 4.42 Å². The van der Waals surface area contributed by atoms with Crippen molar-refractivity contribution in [1.82, 2.24) is 9.97 Å². The van der Waals surface area contributed by atoms with E-state index in [1.807, 2.05) is 24.3 Å². The Balaban J connectivity index is 2.54. The van der Waals surface area contributed by atoms with Crippen LogP contribution >= 0.6 is 0 Å². The molecule has 2 heterocycles. The number of fused-ring (bicyclic) bond motifs is 2. The predicted molar refractivity (Wildman–Crippen MR) is 54.7 cm³/mol. The topological polar surface area (TPSA) is 56.0 Å². The van der Waals surface area contributed by atoms with Gasteiger partial charge in [0, 0.05) is 5.39 Å². The molecule has 1 aromatic rings. The Hall–Kier alpha value is -2.23. The Morgan fingerprint density at radius 1 is 1.13 bits per heavy atom. The van der Waals surface area contributed by atoms with Crippen LogP contribution in [0.4, 0.5) is 0 Å². The predicted octanol–water partition coefficient (Wildman–Crippen LogP) is 1.69. The fraction of sp³-hybridized carbons (Fsp3) is 0. The summed E-state index contributed by atoms with van der Waals surface area (Å²) in [5.41, 5.74) is 0.814. The van der Waals surface area contributed by atoms with E-state index in [-0.39, 0.29) is 5.56 Å². The van der Waals surface area contributed by atoms with Crippen LogP contribution in [-0.2, 0) is 0 Å². The second kappa shape index (κ2) is 2.88. The average molecular weight is 198 g/mol. The smallest absolute Gasteiger partial charge is 0.283 e. The van der Waals surface area contributed by atoms with Crippen LogP contribution < -0.4 is 5.56 Å². The quantitative estimate of drug-likeness (QED) is 0.516. The molecule has 4 heteroatoms. The molecule has 0 radical (unpaired) electrons. The highest BCUT2D eigenvalue weighted by Gasteiger charge is 2.11. The van der Waals surface area contributed by atoms with Gasteiger partial charge < -0.3 is 4.42 Å². The fourth-order valence-corrected chi connectivity index (χ4v) is 1.52. The van der Waals surface area contributed by atoms with Crippen molar-refractivity contribution in [2.24, 2.45) is 0 Å². The van der Waals surface area contributed by atoms with Gasteiger partial charge >= 0.3 is 0 Å². The molecule has 3 rings (SSSR count). The van der Waals surface area contributed by atoms with Crippen LogP contribution in [0.5, 0.6) is 0 Å². The number of nitrogens with zero attached hydrogens (tertiary/aromatic N) is 2. The summed E-state index contributed by atoms with van der Waals surface area (Å²) < 4.78 is 5.48. The third kappa shape index (κ3) is 1.19. The van der Waals surface area contributed by atoms with Crippen LogP contribution in [0.15, 0.2) is 45.9 Å². The summed E-state index contributed by atoms with van der Waals surface area (Å²) in [4.78, 5) is 18.9. The van der Waals surface area contributed by atoms with Crippen LogP contribution in [0.25, 0.3) is 22.4 Å². The first-order valence-corrected chi connectivity index (χ1v) is 4.48. The number of aromatic nitrogens is 2. The van der Waals surface area contributed by atoms with Crippen molar-refractivity contribution in [2.45, 2.75) is 0 Å². The van der Waals surface area contributed by atoms with Crippen LogP contribution in [0.1, 0.15) is 0 Å². The summed E-state index contributed by atoms with van der Waals surface area (Å²) in [6.07, 6.45) is 1.21. The molecule has 0 saturated carbocycles. The lowest BCUT2D eigenvalue weighted by molar-refractivity contribution is 0.595. The summed E-state index contributed by atoms with van der Waals surface area (Å²) >= 11 is 0. The molecule has 1 aromatic carbocycles. The minimum Gasteiger partial charge on any atom is -0.437 e. The van der Waals surface area contributed by atoms with Gasteiger partial charge in [0.25, 0.3) is 5.56 Å². The number of rotatable bonds is 0. The van der Waals surface area contributed by atoms with Gasteiger partial charge in [-0.25, -0.2) is 4.98 Å². The van der Waals surface area contributed by atoms with E-state index < -0.39 is 0 Å². The second-order valence-electron chi connectivity index (χ2n) is 3.18. The highest BCUT2D eigenvalue weighted by atomic mass is 16.3. The fourth-order valence-electron chi connectivity index (χ4n) is 1.52. The summed E-state index contributed by atoms with van der Waals surface area (Å²) in [6.45, 7) is 0. The number of hydrogen-bond acceptors (Lipinski definition) is 4. The summed E-state index contributed by atoms with van der Waals surface area (Å²) in [5, 5.41) is 0.872. The maximum Gasteiger partial charge on any atom is 0.283 e. The minimum absolute atomic E-state index is 0.311. The Bertz CT molecular complexity index is 660. The van der Waals surface area contributed by atoms with Crippen LogP contribution in [0, 0.1) is 0 Å². The zero-order valence-electron chi connectivity index (χ0n) is 7.68. The molecule has 0 saturated heterocycles. The highest BCUT2D eigenvalue weighted by molar-refractivity contribution is 5.81. The van der Waals surface area contributed by atoms with Gasteiger partial charge in [0.2, 0.25) is 5.89 Å². The van der Waals surface area contributed by atoms with Crippen molar-refractivity contribution in [1.29, 1.82) is 0 Å². The Morgan fingerprint density at radius 2 is 2.00 bits per heavy atom. The van der Waals surface area contributed by atoms with Crippen LogP contribution in [0.2, 0.25) is 0 Å². The van der Waals surface area contributed by atoms with Gasteiger partial charge in [-0.15, -0.1) is 0 Å². The minimum atomic E-state index is -0.311. The van der Waals surface area contributed by atoms with E-state index in [4.69, 9.17) is 4.42 Å². The molecule has 0 aliphatic carbocycles. The van der Waals surface area contributed by atoms with E-state index >= 15 is 0 Å². The van der Waals surface area contributed by atoms with Crippen molar-refractivity contribution in [3.8, 4) is 11.5 Å². The molecular formula is C11H6N2O2. The monoisotopic (exact) mass is 198 g/mol.